The SMILES string of the molecule is CN(CC1CCCC1)c1ccc(C#N)cc1Br. The lowest BCUT2D eigenvalue weighted by atomic mass is 10.1. The van der Waals surface area contributed by atoms with Crippen molar-refractivity contribution in [1.29, 1.82) is 5.26 Å². The summed E-state index contributed by atoms with van der Waals surface area (Å²) < 4.78 is 1.01. The molecule has 1 saturated carbocycles. The molecule has 0 heterocycles. The molecule has 1 aliphatic rings. The predicted octanol–water partition coefficient (Wildman–Crippen LogP) is 3.95. The highest BCUT2D eigenvalue weighted by molar-refractivity contribution is 9.10. The maximum Gasteiger partial charge on any atom is 0.0992 e. The summed E-state index contributed by atoms with van der Waals surface area (Å²) in [6, 6.07) is 7.95. The highest BCUT2D eigenvalue weighted by atomic mass is 79.9. The van der Waals surface area contributed by atoms with Crippen LogP contribution in [0.2, 0.25) is 0 Å². The van der Waals surface area contributed by atoms with Crippen LogP contribution < -0.4 is 4.90 Å². The third-order valence-corrected chi connectivity index (χ3v) is 4.13. The van der Waals surface area contributed by atoms with Crippen LogP contribution in [0.1, 0.15) is 31.2 Å². The molecule has 1 aromatic carbocycles. The second kappa shape index (κ2) is 5.55. The fraction of sp³-hybridized carbons (Fsp3) is 0.500. The Kier molecular flexibility index (Phi) is 4.06. The van der Waals surface area contributed by atoms with Crippen LogP contribution in [0, 0.1) is 17.2 Å². The summed E-state index contributed by atoms with van der Waals surface area (Å²) >= 11 is 3.55. The van der Waals surface area contributed by atoms with E-state index in [1.807, 2.05) is 18.2 Å². The van der Waals surface area contributed by atoms with E-state index < -0.39 is 0 Å². The van der Waals surface area contributed by atoms with Gasteiger partial charge in [0, 0.05) is 18.1 Å². The first kappa shape index (κ1) is 12.4. The fourth-order valence-corrected chi connectivity index (χ4v) is 3.25. The molecule has 3 heteroatoms. The van der Waals surface area contributed by atoms with Crippen LogP contribution in [-0.2, 0) is 0 Å². The van der Waals surface area contributed by atoms with Crippen LogP contribution in [0.4, 0.5) is 5.69 Å². The average Bonchev–Trinajstić information content (AvgIpc) is 2.81. The number of halogens is 1. The van der Waals surface area contributed by atoms with Gasteiger partial charge >= 0.3 is 0 Å². The molecule has 1 fully saturated rings. The van der Waals surface area contributed by atoms with Crippen molar-refractivity contribution in [2.24, 2.45) is 5.92 Å². The van der Waals surface area contributed by atoms with Crippen molar-refractivity contribution in [1.82, 2.24) is 0 Å². The van der Waals surface area contributed by atoms with Crippen LogP contribution in [0.3, 0.4) is 0 Å². The highest BCUT2D eigenvalue weighted by Gasteiger charge is 2.17. The van der Waals surface area contributed by atoms with Crippen molar-refractivity contribution in [2.45, 2.75) is 25.7 Å². The summed E-state index contributed by atoms with van der Waals surface area (Å²) in [6.07, 6.45) is 5.48. The molecule has 0 unspecified atom stereocenters. The minimum Gasteiger partial charge on any atom is -0.373 e. The number of anilines is 1. The van der Waals surface area contributed by atoms with E-state index in [1.165, 1.54) is 31.4 Å². The molecule has 2 rings (SSSR count). The van der Waals surface area contributed by atoms with Gasteiger partial charge in [0.25, 0.3) is 0 Å². The van der Waals surface area contributed by atoms with Gasteiger partial charge in [0.05, 0.1) is 17.3 Å². The highest BCUT2D eigenvalue weighted by Crippen LogP contribution is 2.30. The van der Waals surface area contributed by atoms with Gasteiger partial charge in [-0.2, -0.15) is 5.26 Å². The zero-order valence-electron chi connectivity index (χ0n) is 10.1. The number of nitrogens with zero attached hydrogens (tertiary/aromatic N) is 2. The lowest BCUT2D eigenvalue weighted by molar-refractivity contribution is 0.547. The topological polar surface area (TPSA) is 27.0 Å². The van der Waals surface area contributed by atoms with Crippen molar-refractivity contribution in [3.05, 3.63) is 28.2 Å². The summed E-state index contributed by atoms with van der Waals surface area (Å²) in [4.78, 5) is 2.29. The number of rotatable bonds is 3. The third-order valence-electron chi connectivity index (χ3n) is 3.49. The van der Waals surface area contributed by atoms with Crippen molar-refractivity contribution in [2.75, 3.05) is 18.5 Å². The van der Waals surface area contributed by atoms with Gasteiger partial charge in [0.1, 0.15) is 0 Å². The van der Waals surface area contributed by atoms with E-state index in [4.69, 9.17) is 5.26 Å². The second-order valence-electron chi connectivity index (χ2n) is 4.81. The standard InChI is InChI=1S/C14H17BrN2/c1-17(10-11-4-2-3-5-11)14-7-6-12(9-16)8-13(14)15/h6-8,11H,2-5,10H2,1H3. The minimum atomic E-state index is 0.704. The first-order chi connectivity index (χ1) is 8.20. The molecule has 1 aliphatic carbocycles. The van der Waals surface area contributed by atoms with Crippen molar-refractivity contribution < 1.29 is 0 Å². The van der Waals surface area contributed by atoms with Crippen LogP contribution in [0.15, 0.2) is 22.7 Å². The Hall–Kier alpha value is -1.01. The van der Waals surface area contributed by atoms with Gasteiger partial charge < -0.3 is 4.90 Å². The normalized spacial score (nSPS) is 15.8. The molecule has 0 N–H and O–H groups in total. The van der Waals surface area contributed by atoms with E-state index in [9.17, 15) is 0 Å². The molecule has 0 aliphatic heterocycles. The quantitative estimate of drug-likeness (QED) is 0.843. The van der Waals surface area contributed by atoms with Gasteiger partial charge in [-0.15, -0.1) is 0 Å². The molecule has 1 aromatic rings. The smallest absolute Gasteiger partial charge is 0.0992 e. The zero-order chi connectivity index (χ0) is 12.3. The Bertz CT molecular complexity index is 430. The van der Waals surface area contributed by atoms with E-state index in [1.54, 1.807) is 0 Å². The van der Waals surface area contributed by atoms with Crippen LogP contribution in [0.5, 0.6) is 0 Å². The van der Waals surface area contributed by atoms with E-state index in [0.29, 0.717) is 5.56 Å². The summed E-state index contributed by atoms with van der Waals surface area (Å²) in [5, 5.41) is 8.84. The molecule has 0 bridgehead atoms. The predicted molar refractivity (Wildman–Crippen MR) is 74.1 cm³/mol. The van der Waals surface area contributed by atoms with Gasteiger partial charge in [0.15, 0.2) is 0 Å². The molecule has 0 saturated heterocycles. The van der Waals surface area contributed by atoms with E-state index in [-0.39, 0.29) is 0 Å². The maximum absolute atomic E-state index is 8.84. The van der Waals surface area contributed by atoms with Gasteiger partial charge in [0.2, 0.25) is 0 Å². The third kappa shape index (κ3) is 3.01. The minimum absolute atomic E-state index is 0.704. The number of hydrogen-bond acceptors (Lipinski definition) is 2. The Morgan fingerprint density at radius 2 is 2.12 bits per heavy atom. The zero-order valence-corrected chi connectivity index (χ0v) is 11.7. The average molecular weight is 293 g/mol. The molecular formula is C14H17BrN2. The first-order valence-corrected chi connectivity index (χ1v) is 6.91. The molecule has 0 amide bonds. The number of nitriles is 1. The molecule has 90 valence electrons. The van der Waals surface area contributed by atoms with Crippen molar-refractivity contribution in [3.8, 4) is 6.07 Å². The van der Waals surface area contributed by atoms with Gasteiger partial charge in [-0.3, -0.25) is 0 Å². The summed E-state index contributed by atoms with van der Waals surface area (Å²) in [5.41, 5.74) is 1.88. The lowest BCUT2D eigenvalue weighted by Crippen LogP contribution is -2.24. The first-order valence-electron chi connectivity index (χ1n) is 6.11. The number of hydrogen-bond donors (Lipinski definition) is 0. The Morgan fingerprint density at radius 3 is 2.71 bits per heavy atom. The molecular weight excluding hydrogens is 276 g/mol. The lowest BCUT2D eigenvalue weighted by Gasteiger charge is -2.24. The molecule has 0 spiro atoms. The van der Waals surface area contributed by atoms with E-state index in [2.05, 4.69) is 33.9 Å². The molecule has 0 radical (unpaired) electrons. The second-order valence-corrected chi connectivity index (χ2v) is 5.66. The largest absolute Gasteiger partial charge is 0.373 e. The molecule has 17 heavy (non-hydrogen) atoms. The van der Waals surface area contributed by atoms with E-state index >= 15 is 0 Å². The summed E-state index contributed by atoms with van der Waals surface area (Å²) in [5.74, 6) is 0.836. The maximum atomic E-state index is 8.84. The Labute approximate surface area is 111 Å². The van der Waals surface area contributed by atoms with Crippen molar-refractivity contribution in [3.63, 3.8) is 0 Å². The summed E-state index contributed by atoms with van der Waals surface area (Å²) in [6.45, 7) is 1.12. The van der Waals surface area contributed by atoms with Gasteiger partial charge in [-0.25, -0.2) is 0 Å². The van der Waals surface area contributed by atoms with E-state index in [0.717, 1.165) is 16.9 Å². The van der Waals surface area contributed by atoms with Gasteiger partial charge in [-0.1, -0.05) is 12.8 Å². The van der Waals surface area contributed by atoms with Crippen LogP contribution in [-0.4, -0.2) is 13.6 Å². The monoisotopic (exact) mass is 292 g/mol. The summed E-state index contributed by atoms with van der Waals surface area (Å²) in [7, 11) is 2.13. The van der Waals surface area contributed by atoms with Gasteiger partial charge in [-0.05, 0) is 52.9 Å². The molecule has 2 nitrogen and oxygen atoms in total. The Morgan fingerprint density at radius 1 is 1.41 bits per heavy atom. The Balaban J connectivity index is 2.08. The fourth-order valence-electron chi connectivity index (χ4n) is 2.56. The van der Waals surface area contributed by atoms with Crippen molar-refractivity contribution >= 4 is 21.6 Å². The molecule has 0 atom stereocenters. The van der Waals surface area contributed by atoms with Crippen LogP contribution >= 0.6 is 15.9 Å². The molecule has 0 aromatic heterocycles. The van der Waals surface area contributed by atoms with Crippen LogP contribution in [0.25, 0.3) is 0 Å². The number of benzene rings is 1.